The fourth-order valence-electron chi connectivity index (χ4n) is 3.46. The van der Waals surface area contributed by atoms with E-state index in [2.05, 4.69) is 10.1 Å². The Kier molecular flexibility index (Phi) is 5.37. The number of ether oxygens (including phenoxy) is 1. The predicted octanol–water partition coefficient (Wildman–Crippen LogP) is 4.37. The van der Waals surface area contributed by atoms with Gasteiger partial charge in [0.2, 0.25) is 5.91 Å². The van der Waals surface area contributed by atoms with Gasteiger partial charge in [-0.15, -0.1) is 13.2 Å². The molecule has 0 unspecified atom stereocenters. The van der Waals surface area contributed by atoms with Gasteiger partial charge in [-0.25, -0.2) is 0 Å². The van der Waals surface area contributed by atoms with Crippen LogP contribution in [0, 0.1) is 0 Å². The maximum atomic E-state index is 12.8. The SMILES string of the molecule is O=C(Cn1c2ccccc2c(=O)c2ccccc21)NCc1ccc(OC(F)(F)F)cc1. The summed E-state index contributed by atoms with van der Waals surface area (Å²) >= 11 is 0. The molecule has 0 spiro atoms. The van der Waals surface area contributed by atoms with E-state index >= 15 is 0 Å². The summed E-state index contributed by atoms with van der Waals surface area (Å²) in [6, 6.07) is 19.5. The summed E-state index contributed by atoms with van der Waals surface area (Å²) in [4.78, 5) is 25.4. The van der Waals surface area contributed by atoms with Gasteiger partial charge in [-0.2, -0.15) is 0 Å². The summed E-state index contributed by atoms with van der Waals surface area (Å²) in [5, 5.41) is 3.80. The van der Waals surface area contributed by atoms with Crippen LogP contribution in [0.4, 0.5) is 13.2 Å². The van der Waals surface area contributed by atoms with Crippen molar-refractivity contribution in [1.29, 1.82) is 0 Å². The Labute approximate surface area is 174 Å². The van der Waals surface area contributed by atoms with Gasteiger partial charge >= 0.3 is 6.36 Å². The van der Waals surface area contributed by atoms with Gasteiger partial charge in [0.15, 0.2) is 5.43 Å². The van der Waals surface area contributed by atoms with E-state index < -0.39 is 6.36 Å². The van der Waals surface area contributed by atoms with Crippen LogP contribution in [0.5, 0.6) is 5.75 Å². The summed E-state index contributed by atoms with van der Waals surface area (Å²) in [7, 11) is 0. The largest absolute Gasteiger partial charge is 0.573 e. The van der Waals surface area contributed by atoms with Gasteiger partial charge in [0.1, 0.15) is 12.3 Å². The van der Waals surface area contributed by atoms with E-state index in [4.69, 9.17) is 0 Å². The molecule has 1 amide bonds. The van der Waals surface area contributed by atoms with Crippen molar-refractivity contribution in [2.24, 2.45) is 0 Å². The zero-order valence-electron chi connectivity index (χ0n) is 16.1. The summed E-state index contributed by atoms with van der Waals surface area (Å²) in [6.45, 7) is 0.123. The molecule has 1 aromatic heterocycles. The maximum Gasteiger partial charge on any atom is 0.573 e. The number of fused-ring (bicyclic) bond motifs is 2. The lowest BCUT2D eigenvalue weighted by atomic mass is 10.1. The van der Waals surface area contributed by atoms with Crippen LogP contribution in [-0.4, -0.2) is 16.8 Å². The molecule has 0 fully saturated rings. The number of nitrogens with one attached hydrogen (secondary N) is 1. The number of amides is 1. The molecule has 4 aromatic rings. The number of nitrogens with zero attached hydrogens (tertiary/aromatic N) is 1. The second-order valence-electron chi connectivity index (χ2n) is 6.92. The molecule has 1 heterocycles. The minimum atomic E-state index is -4.75. The number of carbonyl (C=O) groups is 1. The van der Waals surface area contributed by atoms with Crippen LogP contribution < -0.4 is 15.5 Å². The minimum Gasteiger partial charge on any atom is -0.406 e. The molecule has 158 valence electrons. The van der Waals surface area contributed by atoms with E-state index in [0.29, 0.717) is 27.4 Å². The highest BCUT2D eigenvalue weighted by atomic mass is 19.4. The zero-order valence-corrected chi connectivity index (χ0v) is 16.1. The number of rotatable bonds is 5. The Morgan fingerprint density at radius 2 is 1.42 bits per heavy atom. The van der Waals surface area contributed by atoms with E-state index in [1.54, 1.807) is 53.1 Å². The smallest absolute Gasteiger partial charge is 0.406 e. The molecular weight excluding hydrogens is 409 g/mol. The third kappa shape index (κ3) is 4.53. The first kappa shape index (κ1) is 20.5. The number of halogens is 3. The van der Waals surface area contributed by atoms with Crippen LogP contribution >= 0.6 is 0 Å². The Bertz CT molecular complexity index is 1250. The molecule has 0 aliphatic rings. The van der Waals surface area contributed by atoms with E-state index in [0.717, 1.165) is 0 Å². The van der Waals surface area contributed by atoms with Gasteiger partial charge in [0.25, 0.3) is 0 Å². The quantitative estimate of drug-likeness (QED) is 0.482. The first-order valence-electron chi connectivity index (χ1n) is 9.43. The van der Waals surface area contributed by atoms with E-state index in [9.17, 15) is 22.8 Å². The van der Waals surface area contributed by atoms with Crippen molar-refractivity contribution in [3.63, 3.8) is 0 Å². The third-order valence-corrected chi connectivity index (χ3v) is 4.83. The van der Waals surface area contributed by atoms with Crippen molar-refractivity contribution in [2.75, 3.05) is 0 Å². The van der Waals surface area contributed by atoms with Gasteiger partial charge in [-0.1, -0.05) is 36.4 Å². The van der Waals surface area contributed by atoms with Crippen LogP contribution in [0.3, 0.4) is 0 Å². The molecule has 4 rings (SSSR count). The molecule has 0 saturated heterocycles. The van der Waals surface area contributed by atoms with Gasteiger partial charge in [0, 0.05) is 17.3 Å². The lowest BCUT2D eigenvalue weighted by Crippen LogP contribution is -2.28. The lowest BCUT2D eigenvalue weighted by molar-refractivity contribution is -0.274. The summed E-state index contributed by atoms with van der Waals surface area (Å²) < 4.78 is 42.4. The van der Waals surface area contributed by atoms with Crippen molar-refractivity contribution in [3.8, 4) is 5.75 Å². The Hall–Kier alpha value is -3.81. The zero-order chi connectivity index (χ0) is 22.0. The Morgan fingerprint density at radius 1 is 0.871 bits per heavy atom. The fourth-order valence-corrected chi connectivity index (χ4v) is 3.46. The van der Waals surface area contributed by atoms with Crippen molar-refractivity contribution < 1.29 is 22.7 Å². The number of hydrogen-bond acceptors (Lipinski definition) is 3. The molecule has 0 radical (unpaired) electrons. The molecule has 0 aliphatic heterocycles. The highest BCUT2D eigenvalue weighted by Gasteiger charge is 2.30. The predicted molar refractivity (Wildman–Crippen MR) is 111 cm³/mol. The van der Waals surface area contributed by atoms with Crippen LogP contribution in [0.2, 0.25) is 0 Å². The first-order valence-corrected chi connectivity index (χ1v) is 9.43. The highest BCUT2D eigenvalue weighted by Crippen LogP contribution is 2.23. The van der Waals surface area contributed by atoms with Crippen molar-refractivity contribution in [2.45, 2.75) is 19.5 Å². The van der Waals surface area contributed by atoms with Crippen LogP contribution in [0.25, 0.3) is 21.8 Å². The molecule has 31 heavy (non-hydrogen) atoms. The van der Waals surface area contributed by atoms with E-state index in [1.165, 1.54) is 24.3 Å². The summed E-state index contributed by atoms with van der Waals surface area (Å²) in [6.07, 6.45) is -4.75. The van der Waals surface area contributed by atoms with Crippen LogP contribution in [0.15, 0.2) is 77.6 Å². The van der Waals surface area contributed by atoms with E-state index in [1.807, 2.05) is 0 Å². The highest BCUT2D eigenvalue weighted by molar-refractivity contribution is 5.94. The monoisotopic (exact) mass is 426 g/mol. The van der Waals surface area contributed by atoms with Crippen LogP contribution in [0.1, 0.15) is 5.56 Å². The summed E-state index contributed by atoms with van der Waals surface area (Å²) in [5.74, 6) is -0.622. The third-order valence-electron chi connectivity index (χ3n) is 4.83. The number of alkyl halides is 3. The molecule has 1 N–H and O–H groups in total. The molecule has 8 heteroatoms. The van der Waals surface area contributed by atoms with Gasteiger partial charge in [-0.05, 0) is 42.0 Å². The van der Waals surface area contributed by atoms with Gasteiger partial charge < -0.3 is 14.6 Å². The topological polar surface area (TPSA) is 60.3 Å². The number of carbonyl (C=O) groups excluding carboxylic acids is 1. The fraction of sp³-hybridized carbons (Fsp3) is 0.130. The molecule has 0 bridgehead atoms. The standard InChI is InChI=1S/C23H17F3N2O3/c24-23(25,26)31-16-11-9-15(10-12-16)13-27-21(29)14-28-19-7-3-1-5-17(19)22(30)18-6-2-4-8-20(18)28/h1-12H,13-14H2,(H,27,29). The minimum absolute atomic E-state index is 0.0173. The number of aromatic nitrogens is 1. The molecular formula is C23H17F3N2O3. The molecule has 5 nitrogen and oxygen atoms in total. The van der Waals surface area contributed by atoms with Gasteiger partial charge in [-0.3, -0.25) is 9.59 Å². The second-order valence-corrected chi connectivity index (χ2v) is 6.92. The van der Waals surface area contributed by atoms with Crippen molar-refractivity contribution in [1.82, 2.24) is 9.88 Å². The molecule has 0 aliphatic carbocycles. The summed E-state index contributed by atoms with van der Waals surface area (Å²) in [5.41, 5.74) is 1.83. The number of hydrogen-bond donors (Lipinski definition) is 1. The normalized spacial score (nSPS) is 11.6. The number of benzene rings is 3. The number of para-hydroxylation sites is 2. The van der Waals surface area contributed by atoms with E-state index in [-0.39, 0.29) is 30.2 Å². The average molecular weight is 426 g/mol. The van der Waals surface area contributed by atoms with Crippen molar-refractivity contribution in [3.05, 3.63) is 88.6 Å². The molecule has 0 atom stereocenters. The Balaban J connectivity index is 1.54. The molecule has 0 saturated carbocycles. The number of pyridine rings is 1. The lowest BCUT2D eigenvalue weighted by Gasteiger charge is -2.15. The van der Waals surface area contributed by atoms with Crippen LogP contribution in [-0.2, 0) is 17.9 Å². The molecule has 3 aromatic carbocycles. The average Bonchev–Trinajstić information content (AvgIpc) is 2.75. The first-order chi connectivity index (χ1) is 14.8. The maximum absolute atomic E-state index is 12.8. The van der Waals surface area contributed by atoms with Gasteiger partial charge in [0.05, 0.1) is 11.0 Å². The second kappa shape index (κ2) is 8.14. The van der Waals surface area contributed by atoms with Crippen molar-refractivity contribution >= 4 is 27.7 Å². The Morgan fingerprint density at radius 3 is 1.97 bits per heavy atom.